The highest BCUT2D eigenvalue weighted by Gasteiger charge is 2.21. The fourth-order valence-electron chi connectivity index (χ4n) is 2.29. The molecule has 1 atom stereocenters. The van der Waals surface area contributed by atoms with Crippen LogP contribution in [0, 0.1) is 0 Å². The number of rotatable bonds is 5. The average Bonchev–Trinajstić information content (AvgIpc) is 2.59. The number of anilines is 1. The summed E-state index contributed by atoms with van der Waals surface area (Å²) in [5.41, 5.74) is 0. The van der Waals surface area contributed by atoms with Crippen LogP contribution in [0.15, 0.2) is 23.5 Å². The third-order valence-electron chi connectivity index (χ3n) is 3.65. The Morgan fingerprint density at radius 1 is 1.30 bits per heavy atom. The molecule has 0 spiro atoms. The van der Waals surface area contributed by atoms with Crippen LogP contribution in [-0.4, -0.2) is 71.6 Å². The van der Waals surface area contributed by atoms with Crippen molar-refractivity contribution in [2.45, 2.75) is 19.1 Å². The Balaban J connectivity index is 0.00000264. The lowest BCUT2D eigenvalue weighted by atomic mass is 10.3. The molecule has 1 aliphatic rings. The molecule has 1 saturated heterocycles. The van der Waals surface area contributed by atoms with E-state index in [-0.39, 0.29) is 24.0 Å². The third-order valence-corrected chi connectivity index (χ3v) is 4.60. The van der Waals surface area contributed by atoms with Crippen LogP contribution in [0.1, 0.15) is 13.8 Å². The topological polar surface area (TPSA) is 56.7 Å². The molecular formula is C15H27IN6S. The zero-order valence-electron chi connectivity index (χ0n) is 14.1. The van der Waals surface area contributed by atoms with Gasteiger partial charge in [0.05, 0.1) is 6.54 Å². The molecule has 0 radical (unpaired) electrons. The predicted octanol–water partition coefficient (Wildman–Crippen LogP) is 1.93. The number of hydrogen-bond acceptors (Lipinski definition) is 5. The molecule has 23 heavy (non-hydrogen) atoms. The summed E-state index contributed by atoms with van der Waals surface area (Å²) < 4.78 is 0. The van der Waals surface area contributed by atoms with Crippen molar-refractivity contribution in [3.63, 3.8) is 0 Å². The Bertz CT molecular complexity index is 464. The number of piperazine rings is 1. The number of aliphatic imine (C=N–C) groups is 1. The molecule has 0 saturated carbocycles. The SMILES string of the molecule is CCNC(=NCC(C)SC)N1CCN(c2ncccn2)CC1.I. The summed E-state index contributed by atoms with van der Waals surface area (Å²) in [4.78, 5) is 18.0. The van der Waals surface area contributed by atoms with Gasteiger partial charge in [-0.15, -0.1) is 24.0 Å². The number of hydrogen-bond donors (Lipinski definition) is 1. The minimum absolute atomic E-state index is 0. The van der Waals surface area contributed by atoms with Gasteiger partial charge in [-0.05, 0) is 19.2 Å². The molecule has 1 aromatic heterocycles. The van der Waals surface area contributed by atoms with E-state index in [1.807, 2.05) is 17.8 Å². The Morgan fingerprint density at radius 2 is 1.96 bits per heavy atom. The number of nitrogens with one attached hydrogen (secondary N) is 1. The fraction of sp³-hybridized carbons (Fsp3) is 0.667. The number of nitrogens with zero attached hydrogens (tertiary/aromatic N) is 5. The van der Waals surface area contributed by atoms with E-state index in [1.54, 1.807) is 12.4 Å². The van der Waals surface area contributed by atoms with Crippen molar-refractivity contribution in [3.05, 3.63) is 18.5 Å². The summed E-state index contributed by atoms with van der Waals surface area (Å²) >= 11 is 1.85. The minimum Gasteiger partial charge on any atom is -0.357 e. The smallest absolute Gasteiger partial charge is 0.225 e. The van der Waals surface area contributed by atoms with Crippen molar-refractivity contribution < 1.29 is 0 Å². The van der Waals surface area contributed by atoms with E-state index in [0.717, 1.165) is 51.2 Å². The summed E-state index contributed by atoms with van der Waals surface area (Å²) in [5, 5.41) is 3.95. The Kier molecular flexibility index (Phi) is 9.61. The number of thioether (sulfide) groups is 1. The van der Waals surface area contributed by atoms with Gasteiger partial charge in [-0.3, -0.25) is 4.99 Å². The van der Waals surface area contributed by atoms with Gasteiger partial charge in [0.2, 0.25) is 5.95 Å². The minimum atomic E-state index is 0. The molecule has 1 fully saturated rings. The van der Waals surface area contributed by atoms with Crippen LogP contribution in [0.4, 0.5) is 5.95 Å². The quantitative estimate of drug-likeness (QED) is 0.421. The molecule has 0 aliphatic carbocycles. The van der Waals surface area contributed by atoms with Crippen LogP contribution in [-0.2, 0) is 0 Å². The van der Waals surface area contributed by atoms with Gasteiger partial charge in [-0.2, -0.15) is 11.8 Å². The summed E-state index contributed by atoms with van der Waals surface area (Å²) in [6.07, 6.45) is 5.72. The first-order valence-electron chi connectivity index (χ1n) is 7.82. The highest BCUT2D eigenvalue weighted by molar-refractivity contribution is 14.0. The van der Waals surface area contributed by atoms with E-state index in [2.05, 4.69) is 45.2 Å². The predicted molar refractivity (Wildman–Crippen MR) is 110 cm³/mol. The zero-order valence-corrected chi connectivity index (χ0v) is 17.3. The second-order valence-electron chi connectivity index (χ2n) is 5.26. The summed E-state index contributed by atoms with van der Waals surface area (Å²) in [6.45, 7) is 9.80. The van der Waals surface area contributed by atoms with Gasteiger partial charge in [0, 0.05) is 50.4 Å². The van der Waals surface area contributed by atoms with Crippen molar-refractivity contribution in [1.29, 1.82) is 0 Å². The van der Waals surface area contributed by atoms with Crippen LogP contribution >= 0.6 is 35.7 Å². The maximum absolute atomic E-state index is 4.77. The summed E-state index contributed by atoms with van der Waals surface area (Å²) in [7, 11) is 0. The standard InChI is InChI=1S/C15H26N6S.HI/c1-4-16-14(19-12-13(2)22-3)20-8-10-21(11-9-20)15-17-6-5-7-18-15;/h5-7,13H,4,8-12H2,1-3H3,(H,16,19);1H. The van der Waals surface area contributed by atoms with Crippen molar-refractivity contribution >= 4 is 47.6 Å². The molecular weight excluding hydrogens is 423 g/mol. The van der Waals surface area contributed by atoms with Gasteiger partial charge in [-0.1, -0.05) is 6.92 Å². The first-order chi connectivity index (χ1) is 10.7. The number of aromatic nitrogens is 2. The van der Waals surface area contributed by atoms with E-state index in [9.17, 15) is 0 Å². The van der Waals surface area contributed by atoms with Crippen molar-refractivity contribution in [2.75, 3.05) is 50.4 Å². The first kappa shape index (κ1) is 20.3. The normalized spacial score (nSPS) is 16.7. The van der Waals surface area contributed by atoms with Gasteiger partial charge in [-0.25, -0.2) is 9.97 Å². The van der Waals surface area contributed by atoms with Gasteiger partial charge in [0.25, 0.3) is 0 Å². The molecule has 2 rings (SSSR count). The molecule has 130 valence electrons. The van der Waals surface area contributed by atoms with Crippen molar-refractivity contribution in [2.24, 2.45) is 4.99 Å². The molecule has 1 aliphatic heterocycles. The van der Waals surface area contributed by atoms with Crippen LogP contribution in [0.2, 0.25) is 0 Å². The monoisotopic (exact) mass is 450 g/mol. The van der Waals surface area contributed by atoms with Crippen molar-refractivity contribution in [3.8, 4) is 0 Å². The first-order valence-corrected chi connectivity index (χ1v) is 9.11. The zero-order chi connectivity index (χ0) is 15.8. The molecule has 8 heteroatoms. The molecule has 0 amide bonds. The molecule has 1 unspecified atom stereocenters. The summed E-state index contributed by atoms with van der Waals surface area (Å²) in [6, 6.07) is 1.85. The third kappa shape index (κ3) is 6.33. The maximum atomic E-state index is 4.77. The van der Waals surface area contributed by atoms with E-state index in [4.69, 9.17) is 4.99 Å². The fourth-order valence-corrected chi connectivity index (χ4v) is 2.51. The molecule has 0 aromatic carbocycles. The lowest BCUT2D eigenvalue weighted by Crippen LogP contribution is -2.53. The van der Waals surface area contributed by atoms with Crippen LogP contribution in [0.3, 0.4) is 0 Å². The van der Waals surface area contributed by atoms with Gasteiger partial charge in [0.15, 0.2) is 5.96 Å². The summed E-state index contributed by atoms with van der Waals surface area (Å²) in [5.74, 6) is 1.84. The van der Waals surface area contributed by atoms with Gasteiger partial charge >= 0.3 is 0 Å². The van der Waals surface area contributed by atoms with Gasteiger partial charge in [0.1, 0.15) is 0 Å². The van der Waals surface area contributed by atoms with E-state index in [1.165, 1.54) is 0 Å². The lowest BCUT2D eigenvalue weighted by Gasteiger charge is -2.36. The average molecular weight is 450 g/mol. The highest BCUT2D eigenvalue weighted by atomic mass is 127. The Labute approximate surface area is 160 Å². The number of guanidine groups is 1. The molecule has 1 N–H and O–H groups in total. The second kappa shape index (κ2) is 10.9. The molecule has 6 nitrogen and oxygen atoms in total. The van der Waals surface area contributed by atoms with E-state index >= 15 is 0 Å². The number of halogens is 1. The van der Waals surface area contributed by atoms with Crippen molar-refractivity contribution in [1.82, 2.24) is 20.2 Å². The van der Waals surface area contributed by atoms with Crippen LogP contribution < -0.4 is 10.2 Å². The molecule has 0 bridgehead atoms. The van der Waals surface area contributed by atoms with Crippen LogP contribution in [0.5, 0.6) is 0 Å². The largest absolute Gasteiger partial charge is 0.357 e. The van der Waals surface area contributed by atoms with Crippen LogP contribution in [0.25, 0.3) is 0 Å². The molecule has 2 heterocycles. The molecule has 1 aromatic rings. The Morgan fingerprint density at radius 3 is 2.52 bits per heavy atom. The Hall–Kier alpha value is -0.770. The maximum Gasteiger partial charge on any atom is 0.225 e. The second-order valence-corrected chi connectivity index (χ2v) is 6.54. The van der Waals surface area contributed by atoms with E-state index in [0.29, 0.717) is 5.25 Å². The lowest BCUT2D eigenvalue weighted by molar-refractivity contribution is 0.370. The van der Waals surface area contributed by atoms with Gasteiger partial charge < -0.3 is 15.1 Å². The van der Waals surface area contributed by atoms with E-state index < -0.39 is 0 Å². The highest BCUT2D eigenvalue weighted by Crippen LogP contribution is 2.10.